The third kappa shape index (κ3) is 5.37. The number of amides is 1. The van der Waals surface area contributed by atoms with Crippen molar-refractivity contribution in [1.82, 2.24) is 4.98 Å². The molecule has 0 aliphatic heterocycles. The highest BCUT2D eigenvalue weighted by Gasteiger charge is 2.38. The zero-order chi connectivity index (χ0) is 26.9. The summed E-state index contributed by atoms with van der Waals surface area (Å²) in [6.07, 6.45) is 0.0590. The normalized spacial score (nSPS) is 14.3. The van der Waals surface area contributed by atoms with Crippen LogP contribution in [0.15, 0.2) is 64.8 Å². The van der Waals surface area contributed by atoms with E-state index in [0.29, 0.717) is 45.3 Å². The van der Waals surface area contributed by atoms with Crippen molar-refractivity contribution in [2.45, 2.75) is 47.6 Å². The molecule has 1 aromatic heterocycles. The molecule has 4 rings (SSSR count). The van der Waals surface area contributed by atoms with Crippen molar-refractivity contribution in [3.05, 3.63) is 75.3 Å². The number of hydrogen-bond acceptors (Lipinski definition) is 7. The van der Waals surface area contributed by atoms with Gasteiger partial charge in [-0.25, -0.2) is 4.98 Å². The fourth-order valence-electron chi connectivity index (χ4n) is 4.50. The van der Waals surface area contributed by atoms with Gasteiger partial charge in [-0.1, -0.05) is 26.0 Å². The summed E-state index contributed by atoms with van der Waals surface area (Å²) in [5.41, 5.74) is 3.24. The number of nitrogens with zero attached hydrogens (tertiary/aromatic N) is 2. The third-order valence-corrected chi connectivity index (χ3v) is 7.49. The van der Waals surface area contributed by atoms with Gasteiger partial charge in [-0.15, -0.1) is 11.3 Å². The van der Waals surface area contributed by atoms with Gasteiger partial charge >= 0.3 is 0 Å². The van der Waals surface area contributed by atoms with Crippen molar-refractivity contribution < 1.29 is 19.1 Å². The Bertz CT molecular complexity index is 1540. The number of allylic oxidation sites excluding steroid dienone is 4. The highest BCUT2D eigenvalue weighted by molar-refractivity contribution is 7.19. The number of carbonyl (C=O) groups excluding carboxylic acids is 3. The second-order valence-electron chi connectivity index (χ2n) is 9.76. The zero-order valence-corrected chi connectivity index (χ0v) is 22.2. The molecule has 0 spiro atoms. The Hall–Kier alpha value is -4.09. The molecule has 1 heterocycles. The van der Waals surface area contributed by atoms with Crippen LogP contribution in [0.1, 0.15) is 51.6 Å². The molecule has 37 heavy (non-hydrogen) atoms. The van der Waals surface area contributed by atoms with Gasteiger partial charge in [0.15, 0.2) is 16.6 Å². The maximum atomic E-state index is 12.9. The van der Waals surface area contributed by atoms with E-state index in [0.717, 1.165) is 15.8 Å². The smallest absolute Gasteiger partial charge is 0.225 e. The van der Waals surface area contributed by atoms with Crippen LogP contribution in [0.3, 0.4) is 0 Å². The summed E-state index contributed by atoms with van der Waals surface area (Å²) in [6, 6.07) is 14.9. The number of ether oxygens (including phenoxy) is 1. The summed E-state index contributed by atoms with van der Waals surface area (Å²) in [6.45, 7) is 8.95. The SMILES string of the molecule is CC1=C(C)C(=O)C(C(C)(C)CC(=O)Nc2ccc(COc3ccc4nc(C#N)sc4c3)cc2)=C(C)C1=O. The van der Waals surface area contributed by atoms with E-state index in [1.807, 2.05) is 44.2 Å². The lowest BCUT2D eigenvalue weighted by molar-refractivity contribution is -0.119. The molecule has 0 unspecified atom stereocenters. The molecule has 1 aliphatic rings. The maximum Gasteiger partial charge on any atom is 0.225 e. The molecule has 0 atom stereocenters. The minimum absolute atomic E-state index is 0.0590. The van der Waals surface area contributed by atoms with E-state index in [4.69, 9.17) is 10.00 Å². The number of rotatable bonds is 7. The van der Waals surface area contributed by atoms with Crippen LogP contribution in [0.2, 0.25) is 0 Å². The van der Waals surface area contributed by atoms with E-state index < -0.39 is 5.41 Å². The number of benzene rings is 2. The number of thiazole rings is 1. The highest BCUT2D eigenvalue weighted by Crippen LogP contribution is 2.39. The van der Waals surface area contributed by atoms with Gasteiger partial charge in [0.2, 0.25) is 5.91 Å². The van der Waals surface area contributed by atoms with Crippen LogP contribution in [0, 0.1) is 16.7 Å². The largest absolute Gasteiger partial charge is 0.489 e. The molecule has 0 bridgehead atoms. The minimum Gasteiger partial charge on any atom is -0.489 e. The second-order valence-corrected chi connectivity index (χ2v) is 10.8. The third-order valence-electron chi connectivity index (χ3n) is 6.56. The number of nitrogens with one attached hydrogen (secondary N) is 1. The number of Topliss-reactive ketones (excluding diaryl/α,β-unsaturated/α-hetero) is 2. The standard InChI is InChI=1S/C29H27N3O4S/c1-16-17(2)28(35)26(18(3)27(16)34)29(4,5)13-24(33)31-20-8-6-19(7-9-20)15-36-21-10-11-22-23(12-21)37-25(14-30)32-22/h6-12H,13,15H2,1-5H3,(H,31,33). The lowest BCUT2D eigenvalue weighted by Crippen LogP contribution is -2.33. The predicted molar refractivity (Wildman–Crippen MR) is 143 cm³/mol. The average Bonchev–Trinajstić information content (AvgIpc) is 3.28. The van der Waals surface area contributed by atoms with E-state index in [1.165, 1.54) is 11.3 Å². The zero-order valence-electron chi connectivity index (χ0n) is 21.4. The first kappa shape index (κ1) is 26.0. The fraction of sp³-hybridized carbons (Fsp3) is 0.276. The molecule has 3 aromatic rings. The van der Waals surface area contributed by atoms with E-state index >= 15 is 0 Å². The Balaban J connectivity index is 1.37. The number of hydrogen-bond donors (Lipinski definition) is 1. The topological polar surface area (TPSA) is 109 Å². The van der Waals surface area contributed by atoms with Crippen LogP contribution in [0.5, 0.6) is 5.75 Å². The summed E-state index contributed by atoms with van der Waals surface area (Å²) >= 11 is 1.32. The molecular weight excluding hydrogens is 486 g/mol. The lowest BCUT2D eigenvalue weighted by atomic mass is 9.71. The van der Waals surface area contributed by atoms with Crippen molar-refractivity contribution in [2.75, 3.05) is 5.32 Å². The molecule has 1 amide bonds. The van der Waals surface area contributed by atoms with Crippen molar-refractivity contribution in [3.8, 4) is 11.8 Å². The van der Waals surface area contributed by atoms with Gasteiger partial charge in [-0.3, -0.25) is 14.4 Å². The first-order chi connectivity index (χ1) is 17.5. The molecular formula is C29H27N3O4S. The Morgan fingerprint density at radius 1 is 1.03 bits per heavy atom. The molecule has 0 saturated heterocycles. The molecule has 0 fully saturated rings. The van der Waals surface area contributed by atoms with E-state index in [1.54, 1.807) is 32.9 Å². The van der Waals surface area contributed by atoms with E-state index in [9.17, 15) is 14.4 Å². The lowest BCUT2D eigenvalue weighted by Gasteiger charge is -2.31. The molecule has 188 valence electrons. The van der Waals surface area contributed by atoms with Crippen LogP contribution in [-0.2, 0) is 21.0 Å². The number of aromatic nitrogens is 1. The predicted octanol–water partition coefficient (Wildman–Crippen LogP) is 5.91. The Kier molecular flexibility index (Phi) is 7.10. The molecule has 0 saturated carbocycles. The molecule has 7 nitrogen and oxygen atoms in total. The van der Waals surface area contributed by atoms with Crippen LogP contribution in [0.25, 0.3) is 10.2 Å². The average molecular weight is 514 g/mol. The van der Waals surface area contributed by atoms with Gasteiger partial charge < -0.3 is 10.1 Å². The van der Waals surface area contributed by atoms with Crippen LogP contribution in [0.4, 0.5) is 5.69 Å². The first-order valence-corrected chi connectivity index (χ1v) is 12.6. The van der Waals surface area contributed by atoms with Crippen molar-refractivity contribution >= 4 is 44.7 Å². The van der Waals surface area contributed by atoms with Crippen molar-refractivity contribution in [2.24, 2.45) is 5.41 Å². The first-order valence-electron chi connectivity index (χ1n) is 11.8. The van der Waals surface area contributed by atoms with Crippen molar-refractivity contribution in [1.29, 1.82) is 5.26 Å². The number of anilines is 1. The summed E-state index contributed by atoms with van der Waals surface area (Å²) in [5, 5.41) is 12.3. The number of fused-ring (bicyclic) bond motifs is 1. The van der Waals surface area contributed by atoms with Gasteiger partial charge in [0.05, 0.1) is 10.2 Å². The van der Waals surface area contributed by atoms with Crippen LogP contribution < -0.4 is 10.1 Å². The summed E-state index contributed by atoms with van der Waals surface area (Å²) in [5.74, 6) is 0.128. The number of carbonyl (C=O) groups is 3. The molecule has 1 N–H and O–H groups in total. The van der Waals surface area contributed by atoms with Crippen LogP contribution >= 0.6 is 11.3 Å². The quantitative estimate of drug-likeness (QED) is 0.394. The monoisotopic (exact) mass is 513 g/mol. The van der Waals surface area contributed by atoms with Gasteiger partial charge in [0, 0.05) is 39.8 Å². The Labute approximate surface area is 219 Å². The highest BCUT2D eigenvalue weighted by atomic mass is 32.1. The molecule has 2 aromatic carbocycles. The summed E-state index contributed by atoms with van der Waals surface area (Å²) in [4.78, 5) is 42.6. The Morgan fingerprint density at radius 3 is 2.38 bits per heavy atom. The maximum absolute atomic E-state index is 12.9. The fourth-order valence-corrected chi connectivity index (χ4v) is 5.29. The number of ketones is 2. The molecule has 1 aliphatic carbocycles. The second kappa shape index (κ2) is 10.1. The van der Waals surface area contributed by atoms with Crippen LogP contribution in [-0.4, -0.2) is 22.5 Å². The molecule has 0 radical (unpaired) electrons. The number of nitriles is 1. The summed E-state index contributed by atoms with van der Waals surface area (Å²) < 4.78 is 6.77. The van der Waals surface area contributed by atoms with Gasteiger partial charge in [0.25, 0.3) is 0 Å². The van der Waals surface area contributed by atoms with Gasteiger partial charge in [-0.05, 0) is 56.7 Å². The van der Waals surface area contributed by atoms with E-state index in [-0.39, 0.29) is 23.9 Å². The van der Waals surface area contributed by atoms with Gasteiger partial charge in [-0.2, -0.15) is 5.26 Å². The Morgan fingerprint density at radius 2 is 1.70 bits per heavy atom. The molecule has 8 heteroatoms. The minimum atomic E-state index is -0.802. The van der Waals surface area contributed by atoms with Gasteiger partial charge in [0.1, 0.15) is 18.4 Å². The van der Waals surface area contributed by atoms with E-state index in [2.05, 4.69) is 16.4 Å². The van der Waals surface area contributed by atoms with Crippen molar-refractivity contribution in [3.63, 3.8) is 0 Å². The summed E-state index contributed by atoms with van der Waals surface area (Å²) in [7, 11) is 0.